The van der Waals surface area contributed by atoms with E-state index in [0.29, 0.717) is 6.10 Å². The van der Waals surface area contributed by atoms with Crippen molar-refractivity contribution < 1.29 is 4.74 Å². The molecular formula is C17H21NOS. The van der Waals surface area contributed by atoms with Crippen LogP contribution in [0.15, 0.2) is 36.4 Å². The third-order valence-corrected chi connectivity index (χ3v) is 4.92. The van der Waals surface area contributed by atoms with E-state index in [0.717, 1.165) is 12.2 Å². The van der Waals surface area contributed by atoms with Crippen molar-refractivity contribution in [3.05, 3.63) is 51.7 Å². The Bertz CT molecular complexity index is 574. The van der Waals surface area contributed by atoms with Crippen LogP contribution >= 0.6 is 11.3 Å². The van der Waals surface area contributed by atoms with Crippen LogP contribution in [0.5, 0.6) is 5.75 Å². The van der Waals surface area contributed by atoms with Crippen LogP contribution in [0.25, 0.3) is 0 Å². The van der Waals surface area contributed by atoms with Crippen molar-refractivity contribution in [1.29, 1.82) is 0 Å². The maximum atomic E-state index is 5.90. The van der Waals surface area contributed by atoms with Crippen molar-refractivity contribution in [1.82, 2.24) is 5.32 Å². The fraction of sp³-hybridized carbons (Fsp3) is 0.412. The molecule has 1 atom stereocenters. The van der Waals surface area contributed by atoms with Gasteiger partial charge < -0.3 is 10.1 Å². The highest BCUT2D eigenvalue weighted by molar-refractivity contribution is 7.12. The van der Waals surface area contributed by atoms with Crippen LogP contribution < -0.4 is 10.1 Å². The number of nitrogens with one attached hydrogen (secondary N) is 1. The van der Waals surface area contributed by atoms with Crippen LogP contribution in [0.2, 0.25) is 0 Å². The van der Waals surface area contributed by atoms with Crippen LogP contribution in [0.4, 0.5) is 0 Å². The lowest BCUT2D eigenvalue weighted by Gasteiger charge is -2.16. The number of aryl methyl sites for hydroxylation is 1. The average Bonchev–Trinajstić information content (AvgIpc) is 3.15. The second-order valence-corrected chi connectivity index (χ2v) is 6.47. The molecule has 1 saturated carbocycles. The van der Waals surface area contributed by atoms with Crippen molar-refractivity contribution in [2.45, 2.75) is 38.3 Å². The Morgan fingerprint density at radius 3 is 2.80 bits per heavy atom. The van der Waals surface area contributed by atoms with E-state index in [1.807, 2.05) is 18.4 Å². The molecule has 3 heteroatoms. The minimum Gasteiger partial charge on any atom is -0.490 e. The topological polar surface area (TPSA) is 21.3 Å². The minimum absolute atomic E-state index is 0.253. The first-order valence-corrected chi connectivity index (χ1v) is 8.14. The molecule has 1 fully saturated rings. The summed E-state index contributed by atoms with van der Waals surface area (Å²) in [5.74, 6) is 0.998. The summed E-state index contributed by atoms with van der Waals surface area (Å²) >= 11 is 1.89. The molecule has 2 aromatic rings. The van der Waals surface area contributed by atoms with Gasteiger partial charge in [0.1, 0.15) is 5.75 Å². The van der Waals surface area contributed by atoms with E-state index in [1.165, 1.54) is 28.2 Å². The fourth-order valence-corrected chi connectivity index (χ4v) is 3.45. The van der Waals surface area contributed by atoms with Gasteiger partial charge in [-0.05, 0) is 56.1 Å². The third kappa shape index (κ3) is 3.05. The molecule has 106 valence electrons. The number of thiophene rings is 1. The number of hydrogen-bond donors (Lipinski definition) is 1. The van der Waals surface area contributed by atoms with Gasteiger partial charge >= 0.3 is 0 Å². The van der Waals surface area contributed by atoms with E-state index < -0.39 is 0 Å². The molecule has 1 aromatic heterocycles. The largest absolute Gasteiger partial charge is 0.490 e. The third-order valence-electron chi connectivity index (χ3n) is 3.62. The van der Waals surface area contributed by atoms with Gasteiger partial charge in [-0.2, -0.15) is 0 Å². The summed E-state index contributed by atoms with van der Waals surface area (Å²) in [6.07, 6.45) is 3.95. The van der Waals surface area contributed by atoms with Gasteiger partial charge in [-0.1, -0.05) is 19.1 Å². The molecule has 1 aliphatic carbocycles. The van der Waals surface area contributed by atoms with E-state index in [-0.39, 0.29) is 6.04 Å². The Morgan fingerprint density at radius 1 is 1.30 bits per heavy atom. The van der Waals surface area contributed by atoms with E-state index in [1.54, 1.807) is 0 Å². The molecular weight excluding hydrogens is 266 g/mol. The molecule has 0 radical (unpaired) electrons. The fourth-order valence-electron chi connectivity index (χ4n) is 2.36. The number of ether oxygens (including phenoxy) is 1. The number of rotatable bonds is 6. The van der Waals surface area contributed by atoms with E-state index >= 15 is 0 Å². The highest BCUT2D eigenvalue weighted by Crippen LogP contribution is 2.32. The van der Waals surface area contributed by atoms with Crippen molar-refractivity contribution in [3.8, 4) is 5.75 Å². The first-order valence-electron chi connectivity index (χ1n) is 7.32. The maximum absolute atomic E-state index is 5.90. The van der Waals surface area contributed by atoms with E-state index in [4.69, 9.17) is 4.74 Å². The Morgan fingerprint density at radius 2 is 2.15 bits per heavy atom. The van der Waals surface area contributed by atoms with Gasteiger partial charge in [0, 0.05) is 9.75 Å². The molecule has 0 bridgehead atoms. The number of benzene rings is 1. The molecule has 2 nitrogen and oxygen atoms in total. The van der Waals surface area contributed by atoms with Crippen LogP contribution in [0.3, 0.4) is 0 Å². The van der Waals surface area contributed by atoms with E-state index in [2.05, 4.69) is 48.6 Å². The molecule has 20 heavy (non-hydrogen) atoms. The molecule has 0 saturated heterocycles. The zero-order valence-electron chi connectivity index (χ0n) is 12.1. The number of hydrogen-bond acceptors (Lipinski definition) is 3. The van der Waals surface area contributed by atoms with Gasteiger partial charge in [0.2, 0.25) is 0 Å². The molecule has 0 aliphatic heterocycles. The summed E-state index contributed by atoms with van der Waals surface area (Å²) in [5.41, 5.74) is 1.27. The van der Waals surface area contributed by atoms with Crippen LogP contribution in [-0.2, 0) is 6.42 Å². The van der Waals surface area contributed by atoms with Gasteiger partial charge in [-0.25, -0.2) is 0 Å². The zero-order chi connectivity index (χ0) is 13.9. The van der Waals surface area contributed by atoms with Gasteiger partial charge in [0.05, 0.1) is 12.1 Å². The summed E-state index contributed by atoms with van der Waals surface area (Å²) in [7, 11) is 2.02. The maximum Gasteiger partial charge on any atom is 0.120 e. The van der Waals surface area contributed by atoms with E-state index in [9.17, 15) is 0 Å². The summed E-state index contributed by atoms with van der Waals surface area (Å²) in [6, 6.07) is 13.2. The highest BCUT2D eigenvalue weighted by atomic mass is 32.1. The molecule has 1 N–H and O–H groups in total. The molecule has 3 rings (SSSR count). The molecule has 1 unspecified atom stereocenters. The Labute approximate surface area is 124 Å². The molecule has 0 spiro atoms. The lowest BCUT2D eigenvalue weighted by Crippen LogP contribution is -2.16. The van der Waals surface area contributed by atoms with Gasteiger partial charge in [-0.15, -0.1) is 11.3 Å². The predicted octanol–water partition coefficient (Wildman–Crippen LogP) is 4.16. The monoisotopic (exact) mass is 287 g/mol. The average molecular weight is 287 g/mol. The lowest BCUT2D eigenvalue weighted by molar-refractivity contribution is 0.302. The Balaban J connectivity index is 1.83. The summed E-state index contributed by atoms with van der Waals surface area (Å²) < 4.78 is 5.90. The Hall–Kier alpha value is -1.32. The quantitative estimate of drug-likeness (QED) is 0.861. The van der Waals surface area contributed by atoms with Gasteiger partial charge in [-0.3, -0.25) is 0 Å². The second kappa shape index (κ2) is 5.98. The standard InChI is InChI=1S/C17H21NOS/c1-3-15-9-10-16(20-15)17(18-2)12-5-4-6-14(11-12)19-13-7-8-13/h4-6,9-11,13,17-18H,3,7-8H2,1-2H3. The van der Waals surface area contributed by atoms with Crippen molar-refractivity contribution >= 4 is 11.3 Å². The van der Waals surface area contributed by atoms with Crippen molar-refractivity contribution in [2.24, 2.45) is 0 Å². The normalized spacial score (nSPS) is 16.1. The minimum atomic E-state index is 0.253. The lowest BCUT2D eigenvalue weighted by atomic mass is 10.1. The van der Waals surface area contributed by atoms with Crippen molar-refractivity contribution in [2.75, 3.05) is 7.05 Å². The summed E-state index contributed by atoms with van der Waals surface area (Å²) in [5, 5.41) is 3.42. The first-order chi connectivity index (χ1) is 9.80. The summed E-state index contributed by atoms with van der Waals surface area (Å²) in [4.78, 5) is 2.80. The van der Waals surface area contributed by atoms with Crippen LogP contribution in [0.1, 0.15) is 41.1 Å². The Kier molecular flexibility index (Phi) is 4.08. The van der Waals surface area contributed by atoms with Crippen molar-refractivity contribution in [3.63, 3.8) is 0 Å². The molecule has 0 amide bonds. The van der Waals surface area contributed by atoms with Gasteiger partial charge in [0.15, 0.2) is 0 Å². The molecule has 1 heterocycles. The first kappa shape index (κ1) is 13.7. The smallest absolute Gasteiger partial charge is 0.120 e. The van der Waals surface area contributed by atoms with Crippen LogP contribution in [0, 0.1) is 0 Å². The predicted molar refractivity (Wildman–Crippen MR) is 84.7 cm³/mol. The SMILES string of the molecule is CCc1ccc(C(NC)c2cccc(OC3CC3)c2)s1. The molecule has 1 aliphatic rings. The zero-order valence-corrected chi connectivity index (χ0v) is 12.9. The van der Waals surface area contributed by atoms with Crippen LogP contribution in [-0.4, -0.2) is 13.2 Å². The summed E-state index contributed by atoms with van der Waals surface area (Å²) in [6.45, 7) is 2.20. The highest BCUT2D eigenvalue weighted by Gasteiger charge is 2.24. The second-order valence-electron chi connectivity index (χ2n) is 5.27. The van der Waals surface area contributed by atoms with Gasteiger partial charge in [0.25, 0.3) is 0 Å². The molecule has 1 aromatic carbocycles.